The first kappa shape index (κ1) is 23.0. The van der Waals surface area contributed by atoms with Crippen LogP contribution in [0.2, 0.25) is 0 Å². The van der Waals surface area contributed by atoms with Crippen molar-refractivity contribution in [3.63, 3.8) is 0 Å². The van der Waals surface area contributed by atoms with Crippen LogP contribution < -0.4 is 10.6 Å². The van der Waals surface area contributed by atoms with E-state index in [0.29, 0.717) is 5.69 Å². The molecule has 1 aliphatic carbocycles. The van der Waals surface area contributed by atoms with Crippen LogP contribution >= 0.6 is 0 Å². The number of carboxylic acid groups (broad SMARTS) is 1. The van der Waals surface area contributed by atoms with Crippen LogP contribution in [0.3, 0.4) is 0 Å². The summed E-state index contributed by atoms with van der Waals surface area (Å²) in [5.74, 6) is -1.68. The number of nitrogens with one attached hydrogen (secondary N) is 2. The van der Waals surface area contributed by atoms with Crippen molar-refractivity contribution >= 4 is 18.0 Å². The molecule has 0 bridgehead atoms. The molecule has 1 aromatic heterocycles. The first-order chi connectivity index (χ1) is 16.4. The maximum atomic E-state index is 12.7. The van der Waals surface area contributed by atoms with E-state index >= 15 is 0 Å². The zero-order valence-corrected chi connectivity index (χ0v) is 18.7. The summed E-state index contributed by atoms with van der Waals surface area (Å²) in [6, 6.07) is 14.9. The fourth-order valence-electron chi connectivity index (χ4n) is 4.18. The minimum atomic E-state index is -1.06. The van der Waals surface area contributed by atoms with Crippen LogP contribution in [0, 0.1) is 0 Å². The van der Waals surface area contributed by atoms with Crippen molar-refractivity contribution < 1.29 is 24.2 Å². The number of carbonyl (C=O) groups excluding carboxylic acids is 2. The van der Waals surface area contributed by atoms with Gasteiger partial charge in [-0.25, -0.2) is 9.78 Å². The molecular formula is C25H26N4O5. The second-order valence-electron chi connectivity index (χ2n) is 8.20. The number of alkyl carbamates (subject to hydrolysis) is 1. The third-order valence-corrected chi connectivity index (χ3v) is 5.80. The second kappa shape index (κ2) is 10.2. The number of amides is 2. The van der Waals surface area contributed by atoms with Gasteiger partial charge in [-0.2, -0.15) is 0 Å². The van der Waals surface area contributed by atoms with Gasteiger partial charge in [-0.05, 0) is 28.7 Å². The molecular weight excluding hydrogens is 436 g/mol. The van der Waals surface area contributed by atoms with Crippen molar-refractivity contribution in [1.29, 1.82) is 0 Å². The molecule has 1 unspecified atom stereocenters. The van der Waals surface area contributed by atoms with Crippen molar-refractivity contribution in [1.82, 2.24) is 20.2 Å². The highest BCUT2D eigenvalue weighted by Gasteiger charge is 2.30. The van der Waals surface area contributed by atoms with Crippen LogP contribution in [-0.2, 0) is 27.9 Å². The summed E-state index contributed by atoms with van der Waals surface area (Å²) >= 11 is 0. The Kier molecular flexibility index (Phi) is 6.91. The Labute approximate surface area is 196 Å². The lowest BCUT2D eigenvalue weighted by Crippen LogP contribution is -2.47. The lowest BCUT2D eigenvalue weighted by Gasteiger charge is -2.19. The Bertz CT molecular complexity index is 1160. The highest BCUT2D eigenvalue weighted by molar-refractivity contribution is 5.86. The third kappa shape index (κ3) is 5.25. The van der Waals surface area contributed by atoms with Gasteiger partial charge in [0.1, 0.15) is 12.6 Å². The molecule has 2 aromatic carbocycles. The minimum absolute atomic E-state index is 0.0619. The van der Waals surface area contributed by atoms with Gasteiger partial charge in [-0.15, -0.1) is 0 Å². The van der Waals surface area contributed by atoms with Gasteiger partial charge in [0.15, 0.2) is 0 Å². The van der Waals surface area contributed by atoms with Crippen LogP contribution in [0.1, 0.15) is 35.6 Å². The number of nitrogens with zero attached hydrogens (tertiary/aromatic N) is 2. The van der Waals surface area contributed by atoms with Gasteiger partial charge in [0.05, 0.1) is 18.6 Å². The number of carbonyl (C=O) groups is 3. The molecule has 4 rings (SSSR count). The van der Waals surface area contributed by atoms with Crippen molar-refractivity contribution in [3.8, 4) is 11.1 Å². The number of fused-ring (bicyclic) bond motifs is 3. The predicted octanol–water partition coefficient (Wildman–Crippen LogP) is 2.81. The Balaban J connectivity index is 1.38. The van der Waals surface area contributed by atoms with Gasteiger partial charge in [0.25, 0.3) is 0 Å². The summed E-state index contributed by atoms with van der Waals surface area (Å²) < 4.78 is 7.25. The molecule has 3 aromatic rings. The molecule has 0 spiro atoms. The number of aromatic nitrogens is 2. The molecule has 1 heterocycles. The molecule has 34 heavy (non-hydrogen) atoms. The minimum Gasteiger partial charge on any atom is -0.481 e. The van der Waals surface area contributed by atoms with E-state index in [1.807, 2.05) is 55.6 Å². The van der Waals surface area contributed by atoms with Crippen molar-refractivity contribution in [2.75, 3.05) is 6.61 Å². The van der Waals surface area contributed by atoms with Gasteiger partial charge in [0, 0.05) is 25.6 Å². The normalized spacial score (nSPS) is 13.0. The van der Waals surface area contributed by atoms with Crippen molar-refractivity contribution in [2.45, 2.75) is 31.3 Å². The third-order valence-electron chi connectivity index (χ3n) is 5.80. The number of imidazole rings is 1. The van der Waals surface area contributed by atoms with E-state index in [-0.39, 0.29) is 31.9 Å². The first-order valence-corrected chi connectivity index (χ1v) is 11.0. The van der Waals surface area contributed by atoms with Gasteiger partial charge in [-0.3, -0.25) is 9.59 Å². The number of aliphatic carboxylic acids is 1. The first-order valence-electron chi connectivity index (χ1n) is 11.0. The van der Waals surface area contributed by atoms with Crippen LogP contribution in [-0.4, -0.2) is 45.3 Å². The zero-order chi connectivity index (χ0) is 24.1. The average Bonchev–Trinajstić information content (AvgIpc) is 3.39. The monoisotopic (exact) mass is 462 g/mol. The fourth-order valence-corrected chi connectivity index (χ4v) is 4.18. The van der Waals surface area contributed by atoms with Crippen LogP contribution in [0.15, 0.2) is 61.1 Å². The van der Waals surface area contributed by atoms with E-state index in [1.165, 1.54) is 0 Å². The van der Waals surface area contributed by atoms with Gasteiger partial charge in [0.2, 0.25) is 5.91 Å². The molecule has 1 aliphatic rings. The number of hydrogen-bond acceptors (Lipinski definition) is 5. The number of aryl methyl sites for hydroxylation is 1. The Morgan fingerprint density at radius 2 is 1.74 bits per heavy atom. The summed E-state index contributed by atoms with van der Waals surface area (Å²) in [4.78, 5) is 40.4. The van der Waals surface area contributed by atoms with E-state index in [1.54, 1.807) is 17.1 Å². The topological polar surface area (TPSA) is 123 Å². The highest BCUT2D eigenvalue weighted by Crippen LogP contribution is 2.44. The van der Waals surface area contributed by atoms with E-state index in [0.717, 1.165) is 22.3 Å². The molecule has 9 nitrogen and oxygen atoms in total. The molecule has 2 amide bonds. The summed E-state index contributed by atoms with van der Waals surface area (Å²) in [5, 5.41) is 14.2. The largest absolute Gasteiger partial charge is 0.481 e. The van der Waals surface area contributed by atoms with Crippen molar-refractivity contribution in [2.24, 2.45) is 7.05 Å². The number of benzene rings is 2. The molecule has 0 saturated heterocycles. The number of ether oxygens (including phenoxy) is 1. The van der Waals surface area contributed by atoms with Crippen molar-refractivity contribution in [3.05, 3.63) is 77.9 Å². The predicted molar refractivity (Wildman–Crippen MR) is 124 cm³/mol. The van der Waals surface area contributed by atoms with Gasteiger partial charge >= 0.3 is 12.1 Å². The van der Waals surface area contributed by atoms with Crippen LogP contribution in [0.25, 0.3) is 11.1 Å². The zero-order valence-electron chi connectivity index (χ0n) is 18.7. The SMILES string of the molecule is Cn1cnc(CNC(=O)C(CCC(=O)O)NC(=O)OCC2c3ccccc3-c3ccccc32)c1. The molecule has 176 valence electrons. The summed E-state index contributed by atoms with van der Waals surface area (Å²) in [5.41, 5.74) is 5.02. The molecule has 0 aliphatic heterocycles. The maximum absolute atomic E-state index is 12.7. The summed E-state index contributed by atoms with van der Waals surface area (Å²) in [6.45, 7) is 0.261. The van der Waals surface area contributed by atoms with Gasteiger partial charge < -0.3 is 25.0 Å². The molecule has 3 N–H and O–H groups in total. The Morgan fingerprint density at radius 3 is 2.32 bits per heavy atom. The molecule has 0 fully saturated rings. The molecule has 9 heteroatoms. The quantitative estimate of drug-likeness (QED) is 0.449. The summed E-state index contributed by atoms with van der Waals surface area (Å²) in [6.07, 6.45) is 2.26. The Morgan fingerprint density at radius 1 is 1.09 bits per heavy atom. The van der Waals surface area contributed by atoms with E-state index in [4.69, 9.17) is 9.84 Å². The van der Waals surface area contributed by atoms with E-state index in [2.05, 4.69) is 15.6 Å². The van der Waals surface area contributed by atoms with Crippen LogP contribution in [0.4, 0.5) is 4.79 Å². The summed E-state index contributed by atoms with van der Waals surface area (Å²) in [7, 11) is 1.81. The van der Waals surface area contributed by atoms with Crippen LogP contribution in [0.5, 0.6) is 0 Å². The molecule has 0 radical (unpaired) electrons. The number of rotatable bonds is 9. The standard InChI is InChI=1S/C25H26N4O5/c1-29-13-16(27-15-29)12-26-24(32)22(10-11-23(30)31)28-25(33)34-14-21-19-8-4-2-6-17(19)18-7-3-5-9-20(18)21/h2-9,13,15,21-22H,10-12,14H2,1H3,(H,26,32)(H,28,33)(H,30,31). The molecule has 0 saturated carbocycles. The molecule has 1 atom stereocenters. The van der Waals surface area contributed by atoms with Gasteiger partial charge in [-0.1, -0.05) is 48.5 Å². The number of carboxylic acids is 1. The Hall–Kier alpha value is -4.14. The van der Waals surface area contributed by atoms with E-state index < -0.39 is 24.0 Å². The number of hydrogen-bond donors (Lipinski definition) is 3. The lowest BCUT2D eigenvalue weighted by molar-refractivity contribution is -0.137. The van der Waals surface area contributed by atoms with E-state index in [9.17, 15) is 14.4 Å². The highest BCUT2D eigenvalue weighted by atomic mass is 16.5. The second-order valence-corrected chi connectivity index (χ2v) is 8.20. The fraction of sp³-hybridized carbons (Fsp3) is 0.280. The lowest BCUT2D eigenvalue weighted by atomic mass is 9.98. The average molecular weight is 463 g/mol. The smallest absolute Gasteiger partial charge is 0.407 e. The maximum Gasteiger partial charge on any atom is 0.407 e.